The predicted molar refractivity (Wildman–Crippen MR) is 87.6 cm³/mol. The predicted octanol–water partition coefficient (Wildman–Crippen LogP) is 2.01. The Balaban J connectivity index is 1.25. The van der Waals surface area contributed by atoms with Crippen LogP contribution in [-0.2, 0) is 6.42 Å². The highest BCUT2D eigenvalue weighted by Gasteiger charge is 2.31. The molecule has 0 atom stereocenters. The van der Waals surface area contributed by atoms with Gasteiger partial charge in [-0.05, 0) is 32.0 Å². The quantitative estimate of drug-likeness (QED) is 0.813. The van der Waals surface area contributed by atoms with E-state index in [4.69, 9.17) is 4.42 Å². The molecular weight excluding hydrogens is 290 g/mol. The molecule has 1 aliphatic carbocycles. The van der Waals surface area contributed by atoms with Crippen LogP contribution in [0.25, 0.3) is 0 Å². The highest BCUT2D eigenvalue weighted by Crippen LogP contribution is 2.38. The van der Waals surface area contributed by atoms with E-state index in [9.17, 15) is 0 Å². The number of hydrogen-bond acceptors (Lipinski definition) is 6. The van der Waals surface area contributed by atoms with Crippen molar-refractivity contribution in [3.8, 4) is 0 Å². The standard InChI is InChI=1S/C17H23N5O/c1-12-18-9-15(23-12)7-8-21(2)14-10-22(11-14)17-6-5-16(19-20-17)13-3-4-13/h5-6,9,13-14H,3-4,7-8,10-11H2,1-2H3. The average Bonchev–Trinajstić information content (AvgIpc) is 3.27. The summed E-state index contributed by atoms with van der Waals surface area (Å²) in [5.74, 6) is 3.38. The van der Waals surface area contributed by atoms with Crippen LogP contribution in [-0.4, -0.2) is 52.8 Å². The van der Waals surface area contributed by atoms with Gasteiger partial charge in [0.05, 0.1) is 11.9 Å². The number of nitrogens with zero attached hydrogens (tertiary/aromatic N) is 5. The molecule has 0 N–H and O–H groups in total. The molecule has 6 heteroatoms. The van der Waals surface area contributed by atoms with E-state index in [1.807, 2.05) is 13.1 Å². The summed E-state index contributed by atoms with van der Waals surface area (Å²) in [4.78, 5) is 8.82. The molecule has 3 heterocycles. The summed E-state index contributed by atoms with van der Waals surface area (Å²) in [6.45, 7) is 4.90. The van der Waals surface area contributed by atoms with Crippen molar-refractivity contribution in [3.63, 3.8) is 0 Å². The summed E-state index contributed by atoms with van der Waals surface area (Å²) >= 11 is 0. The highest BCUT2D eigenvalue weighted by molar-refractivity contribution is 5.42. The largest absolute Gasteiger partial charge is 0.446 e. The molecule has 1 aliphatic heterocycles. The third-order valence-corrected chi connectivity index (χ3v) is 4.86. The summed E-state index contributed by atoms with van der Waals surface area (Å²) in [6, 6.07) is 4.83. The molecule has 6 nitrogen and oxygen atoms in total. The fourth-order valence-corrected chi connectivity index (χ4v) is 3.01. The fraction of sp³-hybridized carbons (Fsp3) is 0.588. The van der Waals surface area contributed by atoms with Crippen LogP contribution in [0.1, 0.15) is 36.1 Å². The van der Waals surface area contributed by atoms with Gasteiger partial charge in [-0.2, -0.15) is 5.10 Å². The molecule has 2 aromatic heterocycles. The van der Waals surface area contributed by atoms with Crippen LogP contribution in [0.3, 0.4) is 0 Å². The minimum Gasteiger partial charge on any atom is -0.446 e. The van der Waals surface area contributed by atoms with Crippen LogP contribution in [0.2, 0.25) is 0 Å². The second-order valence-electron chi connectivity index (χ2n) is 6.73. The number of anilines is 1. The van der Waals surface area contributed by atoms with Crippen molar-refractivity contribution in [1.82, 2.24) is 20.1 Å². The van der Waals surface area contributed by atoms with Gasteiger partial charge >= 0.3 is 0 Å². The van der Waals surface area contributed by atoms with Crippen molar-refractivity contribution in [2.75, 3.05) is 31.6 Å². The molecule has 1 saturated heterocycles. The van der Waals surface area contributed by atoms with E-state index in [1.165, 1.54) is 12.8 Å². The first-order valence-corrected chi connectivity index (χ1v) is 8.39. The van der Waals surface area contributed by atoms with Gasteiger partial charge in [0.25, 0.3) is 0 Å². The van der Waals surface area contributed by atoms with Gasteiger partial charge in [0, 0.05) is 44.9 Å². The van der Waals surface area contributed by atoms with Gasteiger partial charge in [-0.25, -0.2) is 4.98 Å². The first-order chi connectivity index (χ1) is 11.2. The summed E-state index contributed by atoms with van der Waals surface area (Å²) in [7, 11) is 2.17. The number of oxazole rings is 1. The Kier molecular flexibility index (Phi) is 3.77. The third kappa shape index (κ3) is 3.22. The van der Waals surface area contributed by atoms with Crippen molar-refractivity contribution in [1.29, 1.82) is 0 Å². The van der Waals surface area contributed by atoms with Crippen LogP contribution < -0.4 is 4.90 Å². The van der Waals surface area contributed by atoms with E-state index >= 15 is 0 Å². The maximum absolute atomic E-state index is 5.52. The van der Waals surface area contributed by atoms with Gasteiger partial charge < -0.3 is 9.32 Å². The number of hydrogen-bond donors (Lipinski definition) is 0. The molecule has 4 rings (SSSR count). The molecule has 0 bridgehead atoms. The van der Waals surface area contributed by atoms with E-state index in [2.05, 4.69) is 44.2 Å². The van der Waals surface area contributed by atoms with E-state index in [0.29, 0.717) is 12.0 Å². The molecule has 0 amide bonds. The maximum Gasteiger partial charge on any atom is 0.191 e. The molecule has 2 aromatic rings. The van der Waals surface area contributed by atoms with Gasteiger partial charge in [0.15, 0.2) is 11.7 Å². The Bertz CT molecular complexity index is 658. The summed E-state index contributed by atoms with van der Waals surface area (Å²) in [6.07, 6.45) is 5.28. The van der Waals surface area contributed by atoms with Gasteiger partial charge in [0.1, 0.15) is 5.76 Å². The van der Waals surface area contributed by atoms with Gasteiger partial charge in [-0.1, -0.05) is 0 Å². The Morgan fingerprint density at radius 2 is 2.09 bits per heavy atom. The van der Waals surface area contributed by atoms with Crippen LogP contribution in [0.15, 0.2) is 22.7 Å². The van der Waals surface area contributed by atoms with Crippen molar-refractivity contribution < 1.29 is 4.42 Å². The highest BCUT2D eigenvalue weighted by atomic mass is 16.3. The van der Waals surface area contributed by atoms with Gasteiger partial charge in [0.2, 0.25) is 0 Å². The SMILES string of the molecule is Cc1ncc(CCN(C)C2CN(c3ccc(C4CC4)nn3)C2)o1. The maximum atomic E-state index is 5.52. The summed E-state index contributed by atoms with van der Waals surface area (Å²) < 4.78 is 5.52. The monoisotopic (exact) mass is 313 g/mol. The molecule has 23 heavy (non-hydrogen) atoms. The molecule has 0 aromatic carbocycles. The van der Waals surface area contributed by atoms with E-state index < -0.39 is 0 Å². The Morgan fingerprint density at radius 1 is 1.26 bits per heavy atom. The third-order valence-electron chi connectivity index (χ3n) is 4.86. The molecule has 122 valence electrons. The molecular formula is C17H23N5O. The number of rotatable bonds is 6. The number of aryl methyl sites for hydroxylation is 1. The van der Waals surface area contributed by atoms with Crippen LogP contribution >= 0.6 is 0 Å². The summed E-state index contributed by atoms with van der Waals surface area (Å²) in [5.41, 5.74) is 1.16. The lowest BCUT2D eigenvalue weighted by Gasteiger charge is -2.44. The van der Waals surface area contributed by atoms with Crippen molar-refractivity contribution in [2.24, 2.45) is 0 Å². The van der Waals surface area contributed by atoms with E-state index in [-0.39, 0.29) is 0 Å². The van der Waals surface area contributed by atoms with Gasteiger partial charge in [-0.3, -0.25) is 4.90 Å². The normalized spacial score (nSPS) is 18.5. The molecule has 2 fully saturated rings. The molecule has 0 radical (unpaired) electrons. The zero-order valence-electron chi connectivity index (χ0n) is 13.8. The first-order valence-electron chi connectivity index (χ1n) is 8.39. The first kappa shape index (κ1) is 14.6. The number of likely N-dealkylation sites (N-methyl/N-ethyl adjacent to an activating group) is 1. The number of aromatic nitrogens is 3. The zero-order chi connectivity index (χ0) is 15.8. The molecule has 0 spiro atoms. The molecule has 1 saturated carbocycles. The zero-order valence-corrected chi connectivity index (χ0v) is 13.8. The van der Waals surface area contributed by atoms with Crippen molar-refractivity contribution in [2.45, 2.75) is 38.1 Å². The second-order valence-corrected chi connectivity index (χ2v) is 6.73. The van der Waals surface area contributed by atoms with Crippen molar-refractivity contribution >= 4 is 5.82 Å². The average molecular weight is 313 g/mol. The topological polar surface area (TPSA) is 58.3 Å². The summed E-state index contributed by atoms with van der Waals surface area (Å²) in [5, 5.41) is 8.75. The lowest BCUT2D eigenvalue weighted by molar-refractivity contribution is 0.203. The second kappa shape index (κ2) is 5.92. The Hall–Kier alpha value is -1.95. The van der Waals surface area contributed by atoms with Gasteiger partial charge in [-0.15, -0.1) is 5.10 Å². The Labute approximate surface area is 136 Å². The lowest BCUT2D eigenvalue weighted by Crippen LogP contribution is -2.59. The Morgan fingerprint density at radius 3 is 2.70 bits per heavy atom. The smallest absolute Gasteiger partial charge is 0.191 e. The van der Waals surface area contributed by atoms with E-state index in [1.54, 1.807) is 0 Å². The molecule has 2 aliphatic rings. The van der Waals surface area contributed by atoms with Crippen LogP contribution in [0.4, 0.5) is 5.82 Å². The van der Waals surface area contributed by atoms with Crippen molar-refractivity contribution in [3.05, 3.63) is 35.7 Å². The fourth-order valence-electron chi connectivity index (χ4n) is 3.01. The minimum atomic E-state index is 0.573. The van der Waals surface area contributed by atoms with Crippen LogP contribution in [0.5, 0.6) is 0 Å². The molecule has 0 unspecified atom stereocenters. The minimum absolute atomic E-state index is 0.573. The van der Waals surface area contributed by atoms with Crippen LogP contribution in [0, 0.1) is 6.92 Å². The lowest BCUT2D eigenvalue weighted by atomic mass is 10.1. The van der Waals surface area contributed by atoms with E-state index in [0.717, 1.165) is 49.2 Å².